The zero-order chi connectivity index (χ0) is 27.6. The van der Waals surface area contributed by atoms with E-state index in [0.717, 1.165) is 70.8 Å². The normalized spacial score (nSPS) is 22.3. The van der Waals surface area contributed by atoms with Crippen LogP contribution in [0.5, 0.6) is 0 Å². The first-order valence-electron chi connectivity index (χ1n) is 15.7. The van der Waals surface area contributed by atoms with Crippen LogP contribution in [-0.2, 0) is 19.0 Å². The monoisotopic (exact) mass is 534 g/mol. The quantitative estimate of drug-likeness (QED) is 0.172. The maximum atomic E-state index is 12.4. The van der Waals surface area contributed by atoms with Crippen molar-refractivity contribution < 1.29 is 19.0 Å². The second-order valence-electron chi connectivity index (χ2n) is 11.4. The maximum absolute atomic E-state index is 12.4. The number of piperazine rings is 1. The average molecular weight is 535 g/mol. The van der Waals surface area contributed by atoms with E-state index in [1.54, 1.807) is 0 Å². The van der Waals surface area contributed by atoms with Gasteiger partial charge in [0.25, 0.3) is 0 Å². The van der Waals surface area contributed by atoms with Gasteiger partial charge in [-0.15, -0.1) is 0 Å². The molecule has 6 heteroatoms. The van der Waals surface area contributed by atoms with E-state index in [-0.39, 0.29) is 18.2 Å². The van der Waals surface area contributed by atoms with Crippen molar-refractivity contribution in [3.63, 3.8) is 0 Å². The van der Waals surface area contributed by atoms with Gasteiger partial charge in [-0.25, -0.2) is 0 Å². The predicted octanol–water partition coefficient (Wildman–Crippen LogP) is 6.26. The average Bonchev–Trinajstić information content (AvgIpc) is 2.93. The highest BCUT2D eigenvalue weighted by atomic mass is 16.5. The molecule has 0 aromatic rings. The van der Waals surface area contributed by atoms with Gasteiger partial charge in [-0.05, 0) is 56.3 Å². The Hall–Kier alpha value is -1.21. The van der Waals surface area contributed by atoms with Crippen molar-refractivity contribution in [2.45, 2.75) is 104 Å². The number of unbranched alkanes of at least 4 members (excludes halogenated alkanes) is 2. The van der Waals surface area contributed by atoms with E-state index in [0.29, 0.717) is 24.9 Å². The van der Waals surface area contributed by atoms with Crippen LogP contribution in [0.3, 0.4) is 0 Å². The highest BCUT2D eigenvalue weighted by Crippen LogP contribution is 2.23. The van der Waals surface area contributed by atoms with Crippen molar-refractivity contribution in [3.8, 4) is 0 Å². The molecule has 0 radical (unpaired) electrons. The fraction of sp³-hybridized carbons (Fsp3) is 0.844. The molecule has 1 heterocycles. The van der Waals surface area contributed by atoms with Gasteiger partial charge in [0.1, 0.15) is 18.8 Å². The summed E-state index contributed by atoms with van der Waals surface area (Å²) in [5.74, 6) is 1.05. The third-order valence-corrected chi connectivity index (χ3v) is 8.19. The van der Waals surface area contributed by atoms with Gasteiger partial charge in [-0.2, -0.15) is 0 Å². The van der Waals surface area contributed by atoms with E-state index < -0.39 is 0 Å². The molecule has 4 atom stereocenters. The zero-order valence-electron chi connectivity index (χ0n) is 25.3. The molecule has 38 heavy (non-hydrogen) atoms. The molecule has 1 fully saturated rings. The van der Waals surface area contributed by atoms with Crippen LogP contribution in [0.15, 0.2) is 23.8 Å². The molecule has 0 aromatic carbocycles. The van der Waals surface area contributed by atoms with Crippen LogP contribution >= 0.6 is 0 Å². The standard InChI is InChI=1S/C32H58N2O4/c1-6-10-13-27(8-3)24-36-30-17-16-29(23-31(30)37-25-28(9-4)14-11-7-2)26-38-32(35)15-12-18-34-21-19-33(5)20-22-34/h16-17,23,27-28,30-31H,6-15,18-22,24-26H2,1-5H3. The number of carbonyl (C=O) groups excluding carboxylic acids is 1. The van der Waals surface area contributed by atoms with Crippen LogP contribution in [-0.4, -0.2) is 87.6 Å². The summed E-state index contributed by atoms with van der Waals surface area (Å²) in [5.41, 5.74) is 1.00. The van der Waals surface area contributed by atoms with Gasteiger partial charge in [0.2, 0.25) is 0 Å². The number of ether oxygens (including phenoxy) is 3. The molecule has 0 N–H and O–H groups in total. The molecule has 1 saturated heterocycles. The minimum atomic E-state index is -0.134. The summed E-state index contributed by atoms with van der Waals surface area (Å²) in [5, 5.41) is 0. The molecule has 220 valence electrons. The Morgan fingerprint density at radius 3 is 2.08 bits per heavy atom. The van der Waals surface area contributed by atoms with Crippen molar-refractivity contribution in [3.05, 3.63) is 23.8 Å². The van der Waals surface area contributed by atoms with E-state index in [1.807, 2.05) is 0 Å². The minimum Gasteiger partial charge on any atom is -0.461 e. The highest BCUT2D eigenvalue weighted by Gasteiger charge is 2.25. The fourth-order valence-corrected chi connectivity index (χ4v) is 5.12. The Bertz CT molecular complexity index is 687. The number of esters is 1. The molecular weight excluding hydrogens is 476 g/mol. The molecule has 0 spiro atoms. The number of hydrogen-bond acceptors (Lipinski definition) is 6. The fourth-order valence-electron chi connectivity index (χ4n) is 5.12. The number of hydrogen-bond donors (Lipinski definition) is 0. The van der Waals surface area contributed by atoms with Crippen LogP contribution in [0.2, 0.25) is 0 Å². The van der Waals surface area contributed by atoms with Crippen molar-refractivity contribution in [2.75, 3.05) is 59.6 Å². The summed E-state index contributed by atoms with van der Waals surface area (Å²) < 4.78 is 18.5. The lowest BCUT2D eigenvalue weighted by Gasteiger charge is -2.32. The first-order valence-corrected chi connectivity index (χ1v) is 15.7. The second kappa shape index (κ2) is 19.8. The van der Waals surface area contributed by atoms with Crippen molar-refractivity contribution in [2.24, 2.45) is 11.8 Å². The summed E-state index contributed by atoms with van der Waals surface area (Å²) >= 11 is 0. The SMILES string of the molecule is CCCCC(CC)COC1C=CC(COC(=O)CCCN2CCN(C)CC2)=CC1OCC(CC)CCCC. The van der Waals surface area contributed by atoms with E-state index in [4.69, 9.17) is 14.2 Å². The minimum absolute atomic E-state index is 0.0857. The molecule has 6 nitrogen and oxygen atoms in total. The van der Waals surface area contributed by atoms with Crippen LogP contribution in [0.1, 0.15) is 91.9 Å². The van der Waals surface area contributed by atoms with Gasteiger partial charge in [0, 0.05) is 32.6 Å². The second-order valence-corrected chi connectivity index (χ2v) is 11.4. The topological polar surface area (TPSA) is 51.2 Å². The number of likely N-dealkylation sites (N-methyl/N-ethyl adjacent to an activating group) is 1. The zero-order valence-corrected chi connectivity index (χ0v) is 25.3. The predicted molar refractivity (Wildman–Crippen MR) is 157 cm³/mol. The van der Waals surface area contributed by atoms with E-state index in [1.165, 1.54) is 38.5 Å². The summed E-state index contributed by atoms with van der Waals surface area (Å²) in [7, 11) is 2.16. The van der Waals surface area contributed by atoms with Gasteiger partial charge in [0.05, 0.1) is 13.2 Å². The third-order valence-electron chi connectivity index (χ3n) is 8.19. The summed E-state index contributed by atoms with van der Waals surface area (Å²) in [6.07, 6.45) is 17.0. The Balaban J connectivity index is 1.85. The molecule has 2 rings (SSSR count). The first-order chi connectivity index (χ1) is 18.5. The molecular formula is C32H58N2O4. The maximum Gasteiger partial charge on any atom is 0.306 e. The molecule has 0 amide bonds. The highest BCUT2D eigenvalue weighted by molar-refractivity contribution is 5.69. The van der Waals surface area contributed by atoms with Crippen LogP contribution in [0.25, 0.3) is 0 Å². The molecule has 0 bridgehead atoms. The van der Waals surface area contributed by atoms with Crippen LogP contribution in [0.4, 0.5) is 0 Å². The Labute approximate surface area is 234 Å². The Morgan fingerprint density at radius 1 is 0.895 bits per heavy atom. The summed E-state index contributed by atoms with van der Waals surface area (Å²) in [6.45, 7) is 16.2. The number of nitrogens with zero attached hydrogens (tertiary/aromatic N) is 2. The third kappa shape index (κ3) is 13.2. The first kappa shape index (κ1) is 33.0. The lowest BCUT2D eigenvalue weighted by atomic mass is 9.98. The molecule has 0 saturated carbocycles. The summed E-state index contributed by atoms with van der Waals surface area (Å²) in [6, 6.07) is 0. The van der Waals surface area contributed by atoms with Gasteiger partial charge in [-0.1, -0.05) is 78.4 Å². The Morgan fingerprint density at radius 2 is 1.50 bits per heavy atom. The molecule has 2 aliphatic rings. The lowest BCUT2D eigenvalue weighted by Crippen LogP contribution is -2.44. The van der Waals surface area contributed by atoms with E-state index in [2.05, 4.69) is 62.8 Å². The molecule has 1 aliphatic heterocycles. The van der Waals surface area contributed by atoms with Crippen molar-refractivity contribution >= 4 is 5.97 Å². The molecule has 4 unspecified atom stereocenters. The lowest BCUT2D eigenvalue weighted by molar-refractivity contribution is -0.142. The Kier molecular flexibility index (Phi) is 17.2. The molecule has 0 aromatic heterocycles. The van der Waals surface area contributed by atoms with Gasteiger partial charge >= 0.3 is 5.97 Å². The number of rotatable bonds is 20. The van der Waals surface area contributed by atoms with Crippen molar-refractivity contribution in [1.82, 2.24) is 9.80 Å². The molecule has 1 aliphatic carbocycles. The van der Waals surface area contributed by atoms with Crippen LogP contribution < -0.4 is 0 Å². The van der Waals surface area contributed by atoms with Crippen molar-refractivity contribution in [1.29, 1.82) is 0 Å². The summed E-state index contributed by atoms with van der Waals surface area (Å²) in [4.78, 5) is 17.2. The van der Waals surface area contributed by atoms with E-state index in [9.17, 15) is 4.79 Å². The largest absolute Gasteiger partial charge is 0.461 e. The smallest absolute Gasteiger partial charge is 0.306 e. The van der Waals surface area contributed by atoms with Gasteiger partial charge in [0.15, 0.2) is 0 Å². The van der Waals surface area contributed by atoms with Gasteiger partial charge in [-0.3, -0.25) is 4.79 Å². The number of carbonyl (C=O) groups is 1. The van der Waals surface area contributed by atoms with E-state index >= 15 is 0 Å². The van der Waals surface area contributed by atoms with Gasteiger partial charge < -0.3 is 24.0 Å². The van der Waals surface area contributed by atoms with Crippen LogP contribution in [0, 0.1) is 11.8 Å².